The molecule has 0 saturated carbocycles. The van der Waals surface area contributed by atoms with Gasteiger partial charge in [0.15, 0.2) is 0 Å². The highest BCUT2D eigenvalue weighted by molar-refractivity contribution is 5.83. The van der Waals surface area contributed by atoms with E-state index in [0.29, 0.717) is 30.8 Å². The molecule has 1 fully saturated rings. The first-order valence-corrected chi connectivity index (χ1v) is 11.3. The van der Waals surface area contributed by atoms with E-state index in [-0.39, 0.29) is 11.7 Å². The SMILES string of the molecule is CNC(=O)C1(Cc2ccccc2-c2cccnc2)CCCN(Cc2ccc(OC)cc2F)C1. The van der Waals surface area contributed by atoms with Crippen molar-refractivity contribution in [1.82, 2.24) is 15.2 Å². The fourth-order valence-corrected chi connectivity index (χ4v) is 4.90. The molecule has 2 heterocycles. The van der Waals surface area contributed by atoms with Gasteiger partial charge in [-0.1, -0.05) is 36.4 Å². The number of ether oxygens (including phenoxy) is 1. The molecule has 4 rings (SSSR count). The number of rotatable bonds is 7. The zero-order valence-electron chi connectivity index (χ0n) is 19.2. The van der Waals surface area contributed by atoms with Gasteiger partial charge in [-0.3, -0.25) is 14.7 Å². The molecule has 1 aliphatic rings. The van der Waals surface area contributed by atoms with Crippen molar-refractivity contribution in [3.05, 3.63) is 83.9 Å². The van der Waals surface area contributed by atoms with E-state index in [1.165, 1.54) is 13.2 Å². The molecule has 1 aromatic heterocycles. The van der Waals surface area contributed by atoms with Crippen LogP contribution in [0.4, 0.5) is 4.39 Å². The Morgan fingerprint density at radius 1 is 1.18 bits per heavy atom. The Morgan fingerprint density at radius 3 is 2.76 bits per heavy atom. The number of carbonyl (C=O) groups is 1. The van der Waals surface area contributed by atoms with Crippen LogP contribution in [0.3, 0.4) is 0 Å². The van der Waals surface area contributed by atoms with Crippen molar-refractivity contribution in [3.63, 3.8) is 0 Å². The van der Waals surface area contributed by atoms with Gasteiger partial charge in [-0.05, 0) is 49.1 Å². The lowest BCUT2D eigenvalue weighted by atomic mass is 9.73. The number of likely N-dealkylation sites (tertiary alicyclic amines) is 1. The van der Waals surface area contributed by atoms with Crippen LogP contribution in [0.15, 0.2) is 67.0 Å². The molecule has 5 nitrogen and oxygen atoms in total. The Hall–Kier alpha value is -3.25. The summed E-state index contributed by atoms with van der Waals surface area (Å²) >= 11 is 0. The van der Waals surface area contributed by atoms with Crippen LogP contribution in [-0.4, -0.2) is 43.0 Å². The van der Waals surface area contributed by atoms with Gasteiger partial charge in [0.2, 0.25) is 5.91 Å². The van der Waals surface area contributed by atoms with Crippen LogP contribution < -0.4 is 10.1 Å². The summed E-state index contributed by atoms with van der Waals surface area (Å²) in [5.74, 6) is 0.248. The maximum absolute atomic E-state index is 14.6. The normalized spacial score (nSPS) is 18.6. The molecular formula is C27H30FN3O2. The highest BCUT2D eigenvalue weighted by Crippen LogP contribution is 2.37. The standard InChI is InChI=1S/C27H30FN3O2/c1-29-26(32)27(16-20-7-3-4-9-24(20)21-8-5-13-30-17-21)12-6-14-31(19-27)18-22-10-11-23(33-2)15-25(22)28/h3-5,7-11,13,15,17H,6,12,14,16,18-19H2,1-2H3,(H,29,32). The van der Waals surface area contributed by atoms with Crippen molar-refractivity contribution < 1.29 is 13.9 Å². The monoisotopic (exact) mass is 447 g/mol. The molecule has 0 spiro atoms. The number of hydrogen-bond donors (Lipinski definition) is 1. The Balaban J connectivity index is 1.61. The minimum Gasteiger partial charge on any atom is -0.497 e. The summed E-state index contributed by atoms with van der Waals surface area (Å²) in [7, 11) is 3.22. The van der Waals surface area contributed by atoms with E-state index < -0.39 is 5.41 Å². The lowest BCUT2D eigenvalue weighted by Crippen LogP contribution is -2.52. The quantitative estimate of drug-likeness (QED) is 0.581. The second kappa shape index (κ2) is 10.1. The van der Waals surface area contributed by atoms with E-state index in [9.17, 15) is 9.18 Å². The van der Waals surface area contributed by atoms with Gasteiger partial charge in [0.25, 0.3) is 0 Å². The highest BCUT2D eigenvalue weighted by Gasteiger charge is 2.42. The van der Waals surface area contributed by atoms with Crippen LogP contribution in [0.2, 0.25) is 0 Å². The van der Waals surface area contributed by atoms with E-state index in [1.807, 2.05) is 30.5 Å². The highest BCUT2D eigenvalue weighted by atomic mass is 19.1. The Morgan fingerprint density at radius 2 is 2.03 bits per heavy atom. The molecule has 0 bridgehead atoms. The largest absolute Gasteiger partial charge is 0.497 e. The summed E-state index contributed by atoms with van der Waals surface area (Å²) in [6.45, 7) is 1.85. The number of aromatic nitrogens is 1. The fourth-order valence-electron chi connectivity index (χ4n) is 4.90. The Bertz CT molecular complexity index is 1110. The van der Waals surface area contributed by atoms with Crippen LogP contribution in [-0.2, 0) is 17.8 Å². The van der Waals surface area contributed by atoms with Crippen LogP contribution in [0.25, 0.3) is 11.1 Å². The number of nitrogens with one attached hydrogen (secondary N) is 1. The predicted octanol–water partition coefficient (Wildman–Crippen LogP) is 4.47. The van der Waals surface area contributed by atoms with Crippen molar-refractivity contribution in [2.75, 3.05) is 27.2 Å². The maximum atomic E-state index is 14.6. The number of carbonyl (C=O) groups excluding carboxylic acids is 1. The number of nitrogens with zero attached hydrogens (tertiary/aromatic N) is 2. The number of benzene rings is 2. The van der Waals surface area contributed by atoms with Crippen molar-refractivity contribution in [3.8, 4) is 16.9 Å². The van der Waals surface area contributed by atoms with E-state index >= 15 is 0 Å². The molecule has 3 aromatic rings. The van der Waals surface area contributed by atoms with Crippen molar-refractivity contribution in [1.29, 1.82) is 0 Å². The van der Waals surface area contributed by atoms with Crippen LogP contribution >= 0.6 is 0 Å². The van der Waals surface area contributed by atoms with Gasteiger partial charge < -0.3 is 10.1 Å². The molecule has 1 saturated heterocycles. The fraction of sp³-hybridized carbons (Fsp3) is 0.333. The third-order valence-corrected chi connectivity index (χ3v) is 6.54. The maximum Gasteiger partial charge on any atom is 0.227 e. The lowest BCUT2D eigenvalue weighted by Gasteiger charge is -2.42. The first kappa shape index (κ1) is 22.9. The third kappa shape index (κ3) is 5.06. The molecular weight excluding hydrogens is 417 g/mol. The van der Waals surface area contributed by atoms with Crippen molar-refractivity contribution in [2.24, 2.45) is 5.41 Å². The second-order valence-electron chi connectivity index (χ2n) is 8.71. The van der Waals surface area contributed by atoms with Gasteiger partial charge in [-0.2, -0.15) is 0 Å². The average Bonchev–Trinajstić information content (AvgIpc) is 2.86. The van der Waals surface area contributed by atoms with Gasteiger partial charge in [-0.25, -0.2) is 4.39 Å². The first-order chi connectivity index (χ1) is 16.0. The topological polar surface area (TPSA) is 54.5 Å². The molecule has 1 N–H and O–H groups in total. The number of pyridine rings is 1. The van der Waals surface area contributed by atoms with Crippen LogP contribution in [0.1, 0.15) is 24.0 Å². The zero-order valence-corrected chi connectivity index (χ0v) is 19.2. The Kier molecular flexibility index (Phi) is 7.04. The minimum atomic E-state index is -0.589. The van der Waals surface area contributed by atoms with Gasteiger partial charge in [0.1, 0.15) is 11.6 Å². The van der Waals surface area contributed by atoms with Crippen molar-refractivity contribution >= 4 is 5.91 Å². The summed E-state index contributed by atoms with van der Waals surface area (Å²) in [5.41, 5.74) is 3.26. The van der Waals surface area contributed by atoms with Gasteiger partial charge in [0.05, 0.1) is 12.5 Å². The molecule has 1 amide bonds. The number of amides is 1. The molecule has 33 heavy (non-hydrogen) atoms. The molecule has 2 aromatic carbocycles. The first-order valence-electron chi connectivity index (χ1n) is 11.3. The van der Waals surface area contributed by atoms with Crippen LogP contribution in [0, 0.1) is 11.2 Å². The summed E-state index contributed by atoms with van der Waals surface area (Å²) in [5, 5.41) is 2.90. The van der Waals surface area contributed by atoms with E-state index in [2.05, 4.69) is 27.3 Å². The minimum absolute atomic E-state index is 0.0309. The number of methoxy groups -OCH3 is 1. The van der Waals surface area contributed by atoms with Gasteiger partial charge in [-0.15, -0.1) is 0 Å². The number of halogens is 1. The predicted molar refractivity (Wildman–Crippen MR) is 127 cm³/mol. The summed E-state index contributed by atoms with van der Waals surface area (Å²) in [4.78, 5) is 19.7. The van der Waals surface area contributed by atoms with Gasteiger partial charge >= 0.3 is 0 Å². The molecule has 172 valence electrons. The molecule has 1 atom stereocenters. The number of hydrogen-bond acceptors (Lipinski definition) is 4. The molecule has 0 radical (unpaired) electrons. The third-order valence-electron chi connectivity index (χ3n) is 6.54. The van der Waals surface area contributed by atoms with Gasteiger partial charge in [0, 0.05) is 49.7 Å². The van der Waals surface area contributed by atoms with E-state index in [4.69, 9.17) is 4.74 Å². The summed E-state index contributed by atoms with van der Waals surface area (Å²) in [6, 6.07) is 17.1. The zero-order chi connectivity index (χ0) is 23.3. The molecule has 1 unspecified atom stereocenters. The van der Waals surface area contributed by atoms with Crippen LogP contribution in [0.5, 0.6) is 5.75 Å². The smallest absolute Gasteiger partial charge is 0.227 e. The lowest BCUT2D eigenvalue weighted by molar-refractivity contribution is -0.134. The average molecular weight is 448 g/mol. The van der Waals surface area contributed by atoms with Crippen molar-refractivity contribution in [2.45, 2.75) is 25.8 Å². The second-order valence-corrected chi connectivity index (χ2v) is 8.71. The summed E-state index contributed by atoms with van der Waals surface area (Å²) in [6.07, 6.45) is 5.88. The van der Waals surface area contributed by atoms with E-state index in [1.54, 1.807) is 25.4 Å². The molecule has 0 aliphatic carbocycles. The molecule has 1 aliphatic heterocycles. The number of piperidine rings is 1. The molecule has 6 heteroatoms. The van der Waals surface area contributed by atoms with E-state index in [0.717, 1.165) is 36.1 Å². The summed E-state index contributed by atoms with van der Waals surface area (Å²) < 4.78 is 19.7. The Labute approximate surface area is 194 Å².